The number of thiophene rings is 1. The molecule has 0 atom stereocenters. The fourth-order valence-electron chi connectivity index (χ4n) is 2.15. The van der Waals surface area contributed by atoms with Crippen LogP contribution in [0.5, 0.6) is 0 Å². The van der Waals surface area contributed by atoms with Crippen LogP contribution < -0.4 is 0 Å². The molecule has 98 valence electrons. The predicted molar refractivity (Wildman–Crippen MR) is 71.6 cm³/mol. The Morgan fingerprint density at radius 1 is 1.44 bits per heavy atom. The van der Waals surface area contributed by atoms with E-state index in [0.717, 1.165) is 22.5 Å². The van der Waals surface area contributed by atoms with E-state index in [2.05, 4.69) is 4.57 Å². The molecule has 0 amide bonds. The Morgan fingerprint density at radius 2 is 2.17 bits per heavy atom. The lowest BCUT2D eigenvalue weighted by atomic mass is 10.3. The molecule has 0 bridgehead atoms. The molecule has 0 unspecified atom stereocenters. The molecular formula is C12H15NO3S2. The number of rotatable bonds is 4. The van der Waals surface area contributed by atoms with Gasteiger partial charge in [0.15, 0.2) is 9.84 Å². The Balaban J connectivity index is 2.13. The first kappa shape index (κ1) is 12.2. The maximum absolute atomic E-state index is 11.6. The van der Waals surface area contributed by atoms with Gasteiger partial charge >= 0.3 is 0 Å². The van der Waals surface area contributed by atoms with Crippen LogP contribution in [0.1, 0.15) is 18.5 Å². The summed E-state index contributed by atoms with van der Waals surface area (Å²) in [5.41, 5.74) is 0.878. The van der Waals surface area contributed by atoms with Gasteiger partial charge in [-0.2, -0.15) is 0 Å². The highest BCUT2D eigenvalue weighted by atomic mass is 32.2. The van der Waals surface area contributed by atoms with Crippen LogP contribution in [0, 0.1) is 5.92 Å². The van der Waals surface area contributed by atoms with Crippen molar-refractivity contribution in [3.05, 3.63) is 17.8 Å². The van der Waals surface area contributed by atoms with Crippen LogP contribution in [0.25, 0.3) is 10.2 Å². The highest BCUT2D eigenvalue weighted by Gasteiger charge is 2.25. The average molecular weight is 285 g/mol. The third kappa shape index (κ3) is 2.08. The minimum atomic E-state index is -3.14. The maximum Gasteiger partial charge on any atom is 0.184 e. The monoisotopic (exact) mass is 285 g/mol. The molecule has 18 heavy (non-hydrogen) atoms. The van der Waals surface area contributed by atoms with Crippen molar-refractivity contribution in [3.63, 3.8) is 0 Å². The van der Waals surface area contributed by atoms with Crippen molar-refractivity contribution in [1.82, 2.24) is 4.57 Å². The average Bonchev–Trinajstić information content (AvgIpc) is 2.89. The van der Waals surface area contributed by atoms with Crippen LogP contribution in [-0.2, 0) is 23.0 Å². The van der Waals surface area contributed by atoms with Gasteiger partial charge < -0.3 is 9.67 Å². The zero-order valence-corrected chi connectivity index (χ0v) is 11.7. The highest BCUT2D eigenvalue weighted by molar-refractivity contribution is 7.92. The lowest BCUT2D eigenvalue weighted by Gasteiger charge is -2.06. The molecule has 3 rings (SSSR count). The number of sulfone groups is 1. The molecule has 2 aromatic heterocycles. The van der Waals surface area contributed by atoms with Crippen LogP contribution in [0.4, 0.5) is 0 Å². The zero-order valence-electron chi connectivity index (χ0n) is 10.1. The third-order valence-corrected chi connectivity index (χ3v) is 6.27. The van der Waals surface area contributed by atoms with Gasteiger partial charge in [0.25, 0.3) is 0 Å². The second kappa shape index (κ2) is 4.08. The molecule has 0 aliphatic heterocycles. The standard InChI is InChI=1S/C12H15NO3S2/c1-18(15,16)11-5-9-4-10(7-14)13(12(9)17-11)6-8-2-3-8/h4-5,8,14H,2-3,6-7H2,1H3. The largest absolute Gasteiger partial charge is 0.390 e. The van der Waals surface area contributed by atoms with E-state index in [0.29, 0.717) is 10.1 Å². The van der Waals surface area contributed by atoms with Crippen LogP contribution in [-0.4, -0.2) is 24.3 Å². The summed E-state index contributed by atoms with van der Waals surface area (Å²) in [5, 5.41) is 10.3. The second-order valence-corrected chi connectivity index (χ2v) is 8.22. The summed E-state index contributed by atoms with van der Waals surface area (Å²) >= 11 is 1.30. The lowest BCUT2D eigenvalue weighted by molar-refractivity contribution is 0.270. The minimum absolute atomic E-state index is 0.00231. The number of aromatic nitrogens is 1. The molecular weight excluding hydrogens is 270 g/mol. The van der Waals surface area contributed by atoms with E-state index >= 15 is 0 Å². The molecule has 0 saturated heterocycles. The van der Waals surface area contributed by atoms with Gasteiger partial charge in [-0.05, 0) is 30.9 Å². The van der Waals surface area contributed by atoms with Gasteiger partial charge in [0, 0.05) is 23.9 Å². The molecule has 1 aliphatic carbocycles. The fourth-order valence-corrected chi connectivity index (χ4v) is 4.24. The fraction of sp³-hybridized carbons (Fsp3) is 0.500. The van der Waals surface area contributed by atoms with Gasteiger partial charge in [-0.15, -0.1) is 11.3 Å². The normalized spacial score (nSPS) is 16.6. The zero-order chi connectivity index (χ0) is 12.9. The molecule has 0 spiro atoms. The van der Waals surface area contributed by atoms with Crippen LogP contribution >= 0.6 is 11.3 Å². The van der Waals surface area contributed by atoms with E-state index < -0.39 is 9.84 Å². The van der Waals surface area contributed by atoms with Crippen molar-refractivity contribution in [2.24, 2.45) is 5.92 Å². The van der Waals surface area contributed by atoms with Crippen LogP contribution in [0.3, 0.4) is 0 Å². The molecule has 6 heteroatoms. The van der Waals surface area contributed by atoms with Crippen LogP contribution in [0.15, 0.2) is 16.3 Å². The van der Waals surface area contributed by atoms with E-state index in [1.807, 2.05) is 6.07 Å². The molecule has 1 aliphatic rings. The van der Waals surface area contributed by atoms with Gasteiger partial charge in [0.05, 0.1) is 6.61 Å². The molecule has 1 saturated carbocycles. The molecule has 1 N–H and O–H groups in total. The summed E-state index contributed by atoms with van der Waals surface area (Å²) in [6, 6.07) is 3.60. The predicted octanol–water partition coefficient (Wildman–Crippen LogP) is 2.01. The lowest BCUT2D eigenvalue weighted by Crippen LogP contribution is -2.03. The number of hydrogen-bond acceptors (Lipinski definition) is 4. The van der Waals surface area contributed by atoms with E-state index in [1.165, 1.54) is 30.4 Å². The summed E-state index contributed by atoms with van der Waals surface area (Å²) < 4.78 is 25.6. The summed E-state index contributed by atoms with van der Waals surface area (Å²) in [7, 11) is -3.14. The first-order valence-electron chi connectivity index (χ1n) is 5.92. The Bertz CT molecular complexity index is 692. The molecule has 1 fully saturated rings. The third-order valence-electron chi connectivity index (χ3n) is 3.30. The van der Waals surface area contributed by atoms with Gasteiger partial charge in [-0.25, -0.2) is 8.42 Å². The number of nitrogens with zero attached hydrogens (tertiary/aromatic N) is 1. The van der Waals surface area contributed by atoms with Crippen molar-refractivity contribution < 1.29 is 13.5 Å². The van der Waals surface area contributed by atoms with Crippen molar-refractivity contribution in [3.8, 4) is 0 Å². The quantitative estimate of drug-likeness (QED) is 0.935. The number of aliphatic hydroxyl groups excluding tert-OH is 1. The van der Waals surface area contributed by atoms with Crippen molar-refractivity contribution >= 4 is 31.4 Å². The Hall–Kier alpha value is -0.850. The van der Waals surface area contributed by atoms with Gasteiger partial charge in [-0.3, -0.25) is 0 Å². The molecule has 2 aromatic rings. The Labute approximate surface area is 110 Å². The highest BCUT2D eigenvalue weighted by Crippen LogP contribution is 2.36. The van der Waals surface area contributed by atoms with Crippen molar-refractivity contribution in [1.29, 1.82) is 0 Å². The first-order valence-corrected chi connectivity index (χ1v) is 8.62. The number of fused-ring (bicyclic) bond motifs is 1. The topological polar surface area (TPSA) is 59.3 Å². The maximum atomic E-state index is 11.6. The molecule has 2 heterocycles. The second-order valence-electron chi connectivity index (χ2n) is 4.95. The minimum Gasteiger partial charge on any atom is -0.390 e. The van der Waals surface area contributed by atoms with E-state index in [1.54, 1.807) is 6.07 Å². The van der Waals surface area contributed by atoms with Crippen molar-refractivity contribution in [2.45, 2.75) is 30.2 Å². The van der Waals surface area contributed by atoms with Crippen molar-refractivity contribution in [2.75, 3.05) is 6.26 Å². The van der Waals surface area contributed by atoms with E-state index in [4.69, 9.17) is 0 Å². The number of aliphatic hydroxyl groups is 1. The SMILES string of the molecule is CS(=O)(=O)c1cc2cc(CO)n(CC3CC3)c2s1. The Kier molecular flexibility index (Phi) is 2.76. The Morgan fingerprint density at radius 3 is 2.72 bits per heavy atom. The smallest absolute Gasteiger partial charge is 0.184 e. The van der Waals surface area contributed by atoms with Crippen LogP contribution in [0.2, 0.25) is 0 Å². The van der Waals surface area contributed by atoms with E-state index in [9.17, 15) is 13.5 Å². The summed E-state index contributed by atoms with van der Waals surface area (Å²) in [5.74, 6) is 0.690. The first-order chi connectivity index (χ1) is 8.49. The van der Waals surface area contributed by atoms with E-state index in [-0.39, 0.29) is 6.61 Å². The molecule has 4 nitrogen and oxygen atoms in total. The molecule has 0 aromatic carbocycles. The molecule has 0 radical (unpaired) electrons. The summed E-state index contributed by atoms with van der Waals surface area (Å²) in [4.78, 5) is 0.964. The van der Waals surface area contributed by atoms with Gasteiger partial charge in [0.1, 0.15) is 9.04 Å². The van der Waals surface area contributed by atoms with Gasteiger partial charge in [-0.1, -0.05) is 0 Å². The summed E-state index contributed by atoms with van der Waals surface area (Å²) in [6.45, 7) is 0.894. The van der Waals surface area contributed by atoms with Gasteiger partial charge in [0.2, 0.25) is 0 Å². The summed E-state index contributed by atoms with van der Waals surface area (Å²) in [6.07, 6.45) is 3.69. The number of hydrogen-bond donors (Lipinski definition) is 1.